The molecule has 4 saturated carbocycles. The van der Waals surface area contributed by atoms with E-state index in [9.17, 15) is 13.2 Å². The van der Waals surface area contributed by atoms with E-state index < -0.39 is 10.0 Å². The second-order valence-electron chi connectivity index (χ2n) is 10.5. The van der Waals surface area contributed by atoms with Crippen LogP contribution in [0.5, 0.6) is 0 Å². The van der Waals surface area contributed by atoms with Crippen molar-refractivity contribution in [1.29, 1.82) is 0 Å². The zero-order valence-corrected chi connectivity index (χ0v) is 21.0. The van der Waals surface area contributed by atoms with E-state index in [1.165, 1.54) is 48.1 Å². The molecule has 10 heteroatoms. The maximum Gasteiger partial charge on any atom is 0.243 e. The van der Waals surface area contributed by atoms with Crippen LogP contribution >= 0.6 is 23.2 Å². The van der Waals surface area contributed by atoms with Gasteiger partial charge in [0.25, 0.3) is 0 Å². The maximum atomic E-state index is 13.5. The molecule has 7 rings (SSSR count). The number of nitrogens with one attached hydrogen (secondary N) is 1. The van der Waals surface area contributed by atoms with Gasteiger partial charge in [0.15, 0.2) is 0 Å². The predicted octanol–water partition coefficient (Wildman–Crippen LogP) is 4.69. The average molecular weight is 521 g/mol. The molecule has 0 radical (unpaired) electrons. The lowest BCUT2D eigenvalue weighted by Crippen LogP contribution is -2.52. The lowest BCUT2D eigenvalue weighted by molar-refractivity contribution is -0.140. The van der Waals surface area contributed by atoms with Crippen molar-refractivity contribution in [1.82, 2.24) is 14.3 Å². The van der Waals surface area contributed by atoms with E-state index in [2.05, 4.69) is 15.3 Å². The number of benzene rings is 1. The SMILES string of the molecule is O=C(Nc1ncnc2c1CCN(S(=O)(=O)c1cc(Cl)cc(Cl)c1)C2)C12CC3CC(CC(C3)C1)C2. The van der Waals surface area contributed by atoms with E-state index in [0.717, 1.165) is 24.8 Å². The van der Waals surface area contributed by atoms with Gasteiger partial charge in [-0.25, -0.2) is 18.4 Å². The minimum absolute atomic E-state index is 0.0536. The first kappa shape index (κ1) is 22.7. The molecule has 2 aromatic rings. The molecule has 0 atom stereocenters. The predicted molar refractivity (Wildman–Crippen MR) is 129 cm³/mol. The van der Waals surface area contributed by atoms with Crippen molar-refractivity contribution in [3.05, 3.63) is 45.8 Å². The van der Waals surface area contributed by atoms with Gasteiger partial charge in [-0.15, -0.1) is 0 Å². The molecule has 0 saturated heterocycles. The number of carbonyl (C=O) groups excluding carboxylic acids is 1. The van der Waals surface area contributed by atoms with Crippen LogP contribution in [0.25, 0.3) is 0 Å². The maximum absolute atomic E-state index is 13.5. The summed E-state index contributed by atoms with van der Waals surface area (Å²) in [6.45, 7) is 0.359. The lowest BCUT2D eigenvalue weighted by atomic mass is 9.49. The van der Waals surface area contributed by atoms with Crippen LogP contribution in [-0.2, 0) is 27.8 Å². The van der Waals surface area contributed by atoms with Crippen molar-refractivity contribution < 1.29 is 13.2 Å². The Bertz CT molecular complexity index is 1230. The summed E-state index contributed by atoms with van der Waals surface area (Å²) in [6, 6.07) is 4.30. The molecule has 2 heterocycles. The Balaban J connectivity index is 1.23. The van der Waals surface area contributed by atoms with E-state index in [4.69, 9.17) is 23.2 Å². The lowest BCUT2D eigenvalue weighted by Gasteiger charge is -2.55. The van der Waals surface area contributed by atoms with Gasteiger partial charge in [-0.05, 0) is 80.9 Å². The molecule has 1 aromatic heterocycles. The number of halogens is 2. The van der Waals surface area contributed by atoms with Gasteiger partial charge in [0, 0.05) is 22.2 Å². The topological polar surface area (TPSA) is 92.3 Å². The highest BCUT2D eigenvalue weighted by molar-refractivity contribution is 7.89. The number of rotatable bonds is 4. The first-order valence-corrected chi connectivity index (χ1v) is 14.0. The molecule has 1 amide bonds. The molecular weight excluding hydrogens is 495 g/mol. The highest BCUT2D eigenvalue weighted by atomic mass is 35.5. The van der Waals surface area contributed by atoms with Gasteiger partial charge in [0.05, 0.1) is 22.5 Å². The van der Waals surface area contributed by atoms with Gasteiger partial charge in [-0.2, -0.15) is 4.31 Å². The van der Waals surface area contributed by atoms with Crippen molar-refractivity contribution >= 4 is 45.0 Å². The molecule has 34 heavy (non-hydrogen) atoms. The van der Waals surface area contributed by atoms with Gasteiger partial charge in [-0.1, -0.05) is 23.2 Å². The van der Waals surface area contributed by atoms with Crippen molar-refractivity contribution in [2.75, 3.05) is 11.9 Å². The highest BCUT2D eigenvalue weighted by Gasteiger charge is 2.54. The molecule has 180 valence electrons. The zero-order valence-electron chi connectivity index (χ0n) is 18.6. The summed E-state index contributed by atoms with van der Waals surface area (Å²) < 4.78 is 27.8. The Kier molecular flexibility index (Phi) is 5.44. The molecular formula is C24H26Cl2N4O3S. The summed E-state index contributed by atoms with van der Waals surface area (Å²) in [6.07, 6.45) is 8.58. The van der Waals surface area contributed by atoms with Crippen LogP contribution in [0.1, 0.15) is 49.8 Å². The Morgan fingerprint density at radius 1 is 1.00 bits per heavy atom. The fourth-order valence-electron chi connectivity index (χ4n) is 7.10. The zero-order chi connectivity index (χ0) is 23.7. The molecule has 1 aliphatic heterocycles. The van der Waals surface area contributed by atoms with Crippen molar-refractivity contribution in [3.63, 3.8) is 0 Å². The number of hydrogen-bond donors (Lipinski definition) is 1. The quantitative estimate of drug-likeness (QED) is 0.631. The van der Waals surface area contributed by atoms with Gasteiger partial charge >= 0.3 is 0 Å². The molecule has 1 aromatic carbocycles. The molecule has 5 aliphatic rings. The van der Waals surface area contributed by atoms with E-state index in [1.807, 2.05) is 0 Å². The molecule has 0 unspecified atom stereocenters. The fourth-order valence-corrected chi connectivity index (χ4v) is 9.23. The van der Waals surface area contributed by atoms with Crippen molar-refractivity contribution in [2.24, 2.45) is 23.2 Å². The first-order chi connectivity index (χ1) is 16.2. The molecule has 4 aliphatic carbocycles. The van der Waals surface area contributed by atoms with Gasteiger partial charge in [-0.3, -0.25) is 4.79 Å². The smallest absolute Gasteiger partial charge is 0.243 e. The van der Waals surface area contributed by atoms with E-state index in [1.54, 1.807) is 0 Å². The third-order valence-corrected chi connectivity index (χ3v) is 10.5. The number of sulfonamides is 1. The van der Waals surface area contributed by atoms with Crippen LogP contribution in [0.2, 0.25) is 10.0 Å². The van der Waals surface area contributed by atoms with E-state index >= 15 is 0 Å². The fraction of sp³-hybridized carbons (Fsp3) is 0.542. The molecule has 4 bridgehead atoms. The largest absolute Gasteiger partial charge is 0.310 e. The second-order valence-corrected chi connectivity index (χ2v) is 13.3. The van der Waals surface area contributed by atoms with Crippen molar-refractivity contribution in [2.45, 2.75) is 56.4 Å². The molecule has 0 spiro atoms. The number of carbonyl (C=O) groups is 1. The Morgan fingerprint density at radius 3 is 2.24 bits per heavy atom. The second kappa shape index (κ2) is 8.15. The summed E-state index contributed by atoms with van der Waals surface area (Å²) >= 11 is 12.1. The van der Waals surface area contributed by atoms with Crippen molar-refractivity contribution in [3.8, 4) is 0 Å². The number of anilines is 1. The molecule has 4 fully saturated rings. The van der Waals surface area contributed by atoms with E-state index in [-0.39, 0.29) is 39.4 Å². The monoisotopic (exact) mass is 520 g/mol. The molecule has 1 N–H and O–H groups in total. The normalized spacial score (nSPS) is 30.2. The Hall–Kier alpha value is -1.74. The highest BCUT2D eigenvalue weighted by Crippen LogP contribution is 2.60. The van der Waals surface area contributed by atoms with Crippen LogP contribution < -0.4 is 5.32 Å². The number of nitrogens with zero attached hydrogens (tertiary/aromatic N) is 3. The van der Waals surface area contributed by atoms with Crippen LogP contribution in [0.15, 0.2) is 29.4 Å². The Labute approximate surface area is 209 Å². The van der Waals surface area contributed by atoms with Crippen LogP contribution in [0.3, 0.4) is 0 Å². The minimum Gasteiger partial charge on any atom is -0.310 e. The third-order valence-electron chi connectivity index (χ3n) is 8.20. The summed E-state index contributed by atoms with van der Waals surface area (Å²) in [5.41, 5.74) is 1.15. The minimum atomic E-state index is -3.80. The summed E-state index contributed by atoms with van der Waals surface area (Å²) in [5.74, 6) is 2.63. The third kappa shape index (κ3) is 3.83. The van der Waals surface area contributed by atoms with Gasteiger partial charge < -0.3 is 5.32 Å². The Morgan fingerprint density at radius 2 is 1.62 bits per heavy atom. The van der Waals surface area contributed by atoms with Crippen LogP contribution in [-0.4, -0.2) is 35.1 Å². The van der Waals surface area contributed by atoms with E-state index in [0.29, 0.717) is 35.7 Å². The van der Waals surface area contributed by atoms with Crippen LogP contribution in [0, 0.1) is 23.2 Å². The average Bonchev–Trinajstić information content (AvgIpc) is 2.77. The summed E-state index contributed by atoms with van der Waals surface area (Å²) in [7, 11) is -3.80. The van der Waals surface area contributed by atoms with Crippen LogP contribution in [0.4, 0.5) is 5.82 Å². The first-order valence-electron chi connectivity index (χ1n) is 11.8. The summed E-state index contributed by atoms with van der Waals surface area (Å²) in [4.78, 5) is 22.3. The number of aromatic nitrogens is 2. The number of fused-ring (bicyclic) bond motifs is 1. The number of hydrogen-bond acceptors (Lipinski definition) is 5. The summed E-state index contributed by atoms with van der Waals surface area (Å²) in [5, 5.41) is 3.66. The molecule has 7 nitrogen and oxygen atoms in total. The van der Waals surface area contributed by atoms with Gasteiger partial charge in [0.2, 0.25) is 15.9 Å². The standard InChI is InChI=1S/C24H26Cl2N4O3S/c25-17-6-18(26)8-19(7-17)34(32,33)30-2-1-20-21(12-30)27-13-28-22(20)29-23(31)24-9-14-3-15(10-24)5-16(4-14)11-24/h6-8,13-16H,1-5,9-12H2,(H,27,28,29,31). The number of amides is 1. The van der Waals surface area contributed by atoms with Gasteiger partial charge in [0.1, 0.15) is 12.1 Å².